The van der Waals surface area contributed by atoms with Crippen molar-refractivity contribution in [3.8, 4) is 0 Å². The van der Waals surface area contributed by atoms with Gasteiger partial charge in [-0.1, -0.05) is 0 Å². The molecule has 1 aromatic carbocycles. The number of nitrogens with zero attached hydrogens (tertiary/aromatic N) is 1. The molecule has 1 fully saturated rings. The number of fused-ring (bicyclic) bond motifs is 1. The molecule has 0 saturated carbocycles. The first-order valence-electron chi connectivity index (χ1n) is 7.24. The fraction of sp³-hybridized carbons (Fsp3) is 0.375. The number of benzene rings is 1. The van der Waals surface area contributed by atoms with Crippen molar-refractivity contribution < 1.29 is 23.6 Å². The van der Waals surface area contributed by atoms with Gasteiger partial charge in [-0.2, -0.15) is 0 Å². The highest BCUT2D eigenvalue weighted by Gasteiger charge is 2.49. The van der Waals surface area contributed by atoms with Crippen molar-refractivity contribution in [3.63, 3.8) is 0 Å². The number of anilines is 1. The van der Waals surface area contributed by atoms with Gasteiger partial charge in [0.25, 0.3) is 0 Å². The summed E-state index contributed by atoms with van der Waals surface area (Å²) < 4.78 is 14.0. The Hall–Kier alpha value is -2.57. The second-order valence-electron chi connectivity index (χ2n) is 6.28. The van der Waals surface area contributed by atoms with Crippen LogP contribution in [0.3, 0.4) is 0 Å². The number of aldehydes is 1. The highest BCUT2D eigenvalue weighted by molar-refractivity contribution is 6.13. The number of nitrogens with one attached hydrogen (secondary N) is 1. The molecule has 1 N–H and O–H groups in total. The highest BCUT2D eigenvalue weighted by Crippen LogP contribution is 2.44. The molecule has 2 heterocycles. The number of rotatable bonds is 2. The summed E-state index contributed by atoms with van der Waals surface area (Å²) in [7, 11) is 0. The summed E-state index contributed by atoms with van der Waals surface area (Å²) in [5.74, 6) is -2.07. The first-order valence-corrected chi connectivity index (χ1v) is 7.24. The number of carbonyl (C=O) groups is 4. The summed E-state index contributed by atoms with van der Waals surface area (Å²) in [6.07, 6.45) is 0.693. The predicted molar refractivity (Wildman–Crippen MR) is 78.5 cm³/mol. The second kappa shape index (κ2) is 4.97. The number of hydrogen-bond acceptors (Lipinski definition) is 4. The van der Waals surface area contributed by atoms with Crippen LogP contribution in [-0.4, -0.2) is 30.0 Å². The molecule has 120 valence electrons. The molecule has 6 nitrogen and oxygen atoms in total. The number of amides is 3. The van der Waals surface area contributed by atoms with Crippen LogP contribution in [0.4, 0.5) is 10.1 Å². The maximum absolute atomic E-state index is 14.0. The molecular formula is C16H15FN2O4. The van der Waals surface area contributed by atoms with Crippen LogP contribution in [0.2, 0.25) is 0 Å². The summed E-state index contributed by atoms with van der Waals surface area (Å²) in [5.41, 5.74) is -0.342. The zero-order chi connectivity index (χ0) is 16.9. The molecule has 1 saturated heterocycles. The molecule has 0 spiro atoms. The topological polar surface area (TPSA) is 83.6 Å². The third-order valence-electron chi connectivity index (χ3n) is 4.45. The number of piperidine rings is 1. The van der Waals surface area contributed by atoms with Gasteiger partial charge in [-0.3, -0.25) is 29.4 Å². The smallest absolute Gasteiger partial charge is 0.249 e. The van der Waals surface area contributed by atoms with Crippen LogP contribution in [0.25, 0.3) is 0 Å². The largest absolute Gasteiger partial charge is 0.299 e. The first kappa shape index (κ1) is 15.3. The van der Waals surface area contributed by atoms with Crippen LogP contribution in [0, 0.1) is 5.82 Å². The molecule has 0 bridgehead atoms. The molecule has 2 aliphatic heterocycles. The highest BCUT2D eigenvalue weighted by atomic mass is 19.1. The fourth-order valence-corrected chi connectivity index (χ4v) is 3.13. The summed E-state index contributed by atoms with van der Waals surface area (Å²) in [4.78, 5) is 48.3. The van der Waals surface area contributed by atoms with Gasteiger partial charge in [-0.05, 0) is 38.0 Å². The molecule has 3 rings (SSSR count). The van der Waals surface area contributed by atoms with E-state index in [0.29, 0.717) is 11.8 Å². The van der Waals surface area contributed by atoms with E-state index in [2.05, 4.69) is 5.32 Å². The number of imide groups is 1. The number of carbonyl (C=O) groups excluding carboxylic acids is 4. The summed E-state index contributed by atoms with van der Waals surface area (Å²) in [6.45, 7) is 3.32. The van der Waals surface area contributed by atoms with Crippen LogP contribution in [0.5, 0.6) is 0 Å². The zero-order valence-electron chi connectivity index (χ0n) is 12.7. The average Bonchev–Trinajstić information content (AvgIpc) is 2.66. The van der Waals surface area contributed by atoms with Crippen molar-refractivity contribution in [2.24, 2.45) is 0 Å². The molecule has 1 aromatic rings. The van der Waals surface area contributed by atoms with Gasteiger partial charge in [0.1, 0.15) is 11.9 Å². The normalized spacial score (nSPS) is 22.8. The lowest BCUT2D eigenvalue weighted by atomic mass is 9.85. The van der Waals surface area contributed by atoms with Gasteiger partial charge in [0, 0.05) is 6.42 Å². The van der Waals surface area contributed by atoms with Crippen LogP contribution in [0.15, 0.2) is 12.1 Å². The molecule has 7 heteroatoms. The van der Waals surface area contributed by atoms with Crippen molar-refractivity contribution >= 4 is 29.7 Å². The Morgan fingerprint density at radius 1 is 1.30 bits per heavy atom. The van der Waals surface area contributed by atoms with Gasteiger partial charge in [-0.15, -0.1) is 0 Å². The Morgan fingerprint density at radius 2 is 2.00 bits per heavy atom. The van der Waals surface area contributed by atoms with Crippen LogP contribution < -0.4 is 10.2 Å². The summed E-state index contributed by atoms with van der Waals surface area (Å²) >= 11 is 0. The maximum atomic E-state index is 14.0. The van der Waals surface area contributed by atoms with Gasteiger partial charge < -0.3 is 0 Å². The number of hydrogen-bond donors (Lipinski definition) is 1. The van der Waals surface area contributed by atoms with E-state index in [1.54, 1.807) is 13.8 Å². The van der Waals surface area contributed by atoms with Crippen molar-refractivity contribution in [3.05, 3.63) is 29.1 Å². The third-order valence-corrected chi connectivity index (χ3v) is 4.45. The third kappa shape index (κ3) is 2.15. The lowest BCUT2D eigenvalue weighted by molar-refractivity contribution is -0.136. The minimum atomic E-state index is -0.984. The van der Waals surface area contributed by atoms with E-state index in [1.165, 1.54) is 11.0 Å². The van der Waals surface area contributed by atoms with Gasteiger partial charge in [0.05, 0.1) is 16.7 Å². The van der Waals surface area contributed by atoms with Crippen LogP contribution >= 0.6 is 0 Å². The van der Waals surface area contributed by atoms with Crippen LogP contribution in [0.1, 0.15) is 42.6 Å². The maximum Gasteiger partial charge on any atom is 0.249 e. The van der Waals surface area contributed by atoms with Crippen molar-refractivity contribution in [1.29, 1.82) is 0 Å². The van der Waals surface area contributed by atoms with Gasteiger partial charge in [0.2, 0.25) is 17.7 Å². The zero-order valence-corrected chi connectivity index (χ0v) is 12.7. The van der Waals surface area contributed by atoms with Crippen molar-refractivity contribution in [2.75, 3.05) is 4.90 Å². The summed E-state index contributed by atoms with van der Waals surface area (Å²) in [6, 6.07) is 1.60. The molecule has 3 amide bonds. The van der Waals surface area contributed by atoms with Gasteiger partial charge >= 0.3 is 0 Å². The number of halogens is 1. The minimum Gasteiger partial charge on any atom is -0.299 e. The molecular weight excluding hydrogens is 303 g/mol. The van der Waals surface area contributed by atoms with E-state index in [0.717, 1.165) is 6.07 Å². The Kier molecular flexibility index (Phi) is 3.31. The van der Waals surface area contributed by atoms with E-state index in [-0.39, 0.29) is 35.9 Å². The molecule has 23 heavy (non-hydrogen) atoms. The predicted octanol–water partition coefficient (Wildman–Crippen LogP) is 1.07. The lowest BCUT2D eigenvalue weighted by Gasteiger charge is -2.31. The Balaban J connectivity index is 2.13. The van der Waals surface area contributed by atoms with E-state index in [9.17, 15) is 23.6 Å². The van der Waals surface area contributed by atoms with E-state index in [4.69, 9.17) is 0 Å². The minimum absolute atomic E-state index is 0.116. The van der Waals surface area contributed by atoms with Crippen molar-refractivity contribution in [2.45, 2.75) is 38.1 Å². The molecule has 0 aromatic heterocycles. The molecule has 2 aliphatic rings. The first-order chi connectivity index (χ1) is 10.8. The van der Waals surface area contributed by atoms with Crippen molar-refractivity contribution in [1.82, 2.24) is 5.32 Å². The standard InChI is InChI=1S/C16H15FN2O4/c1-16(2)9-5-8(7-20)10(17)6-12(9)19(15(16)23)11-3-4-13(21)18-14(11)22/h5-7,11H,3-4H2,1-2H3,(H,18,21,22). The quantitative estimate of drug-likeness (QED) is 0.653. The Bertz CT molecular complexity index is 757. The molecule has 1 unspecified atom stereocenters. The molecule has 0 radical (unpaired) electrons. The van der Waals surface area contributed by atoms with Gasteiger partial charge in [0.15, 0.2) is 6.29 Å². The second-order valence-corrected chi connectivity index (χ2v) is 6.28. The monoisotopic (exact) mass is 318 g/mol. The Morgan fingerprint density at radius 3 is 2.61 bits per heavy atom. The molecule has 0 aliphatic carbocycles. The van der Waals surface area contributed by atoms with E-state index >= 15 is 0 Å². The lowest BCUT2D eigenvalue weighted by Crippen LogP contribution is -2.55. The SMILES string of the molecule is CC1(C)C(=O)N(C2CCC(=O)NC2=O)c2cc(F)c(C=O)cc21. The average molecular weight is 318 g/mol. The fourth-order valence-electron chi connectivity index (χ4n) is 3.13. The van der Waals surface area contributed by atoms with Gasteiger partial charge in [-0.25, -0.2) is 4.39 Å². The molecule has 1 atom stereocenters. The van der Waals surface area contributed by atoms with E-state index in [1.807, 2.05) is 0 Å². The van der Waals surface area contributed by atoms with Crippen LogP contribution in [-0.2, 0) is 19.8 Å². The Labute approximate surface area is 131 Å². The summed E-state index contributed by atoms with van der Waals surface area (Å²) in [5, 5.41) is 2.20. The van der Waals surface area contributed by atoms with E-state index < -0.39 is 23.2 Å².